The van der Waals surface area contributed by atoms with Crippen molar-refractivity contribution in [1.29, 1.82) is 0 Å². The minimum atomic E-state index is -0.973. The van der Waals surface area contributed by atoms with Crippen molar-refractivity contribution in [3.63, 3.8) is 0 Å². The second-order valence-electron chi connectivity index (χ2n) is 11.3. The fourth-order valence-electron chi connectivity index (χ4n) is 4.18. The zero-order valence-electron chi connectivity index (χ0n) is 24.3. The van der Waals surface area contributed by atoms with Gasteiger partial charge in [0.05, 0.1) is 0 Å². The van der Waals surface area contributed by atoms with Gasteiger partial charge >= 0.3 is 6.09 Å². The Kier molecular flexibility index (Phi) is 9.90. The van der Waals surface area contributed by atoms with E-state index in [-0.39, 0.29) is 5.91 Å². The van der Waals surface area contributed by atoms with Crippen molar-refractivity contribution in [2.75, 3.05) is 5.32 Å². The van der Waals surface area contributed by atoms with E-state index in [9.17, 15) is 14.4 Å². The number of ether oxygens (including phenoxy) is 1. The molecule has 2 aromatic rings. The van der Waals surface area contributed by atoms with Crippen LogP contribution in [0.25, 0.3) is 6.08 Å². The maximum absolute atomic E-state index is 14.1. The summed E-state index contributed by atoms with van der Waals surface area (Å²) in [7, 11) is 0. The molecule has 0 heterocycles. The van der Waals surface area contributed by atoms with Crippen LogP contribution in [0.2, 0.25) is 0 Å². The van der Waals surface area contributed by atoms with Gasteiger partial charge in [-0.05, 0) is 90.1 Å². The second kappa shape index (κ2) is 12.3. The van der Waals surface area contributed by atoms with Gasteiger partial charge in [0.2, 0.25) is 5.91 Å². The molecule has 2 aromatic carbocycles. The van der Waals surface area contributed by atoms with Crippen molar-refractivity contribution in [2.24, 2.45) is 0 Å². The van der Waals surface area contributed by atoms with Crippen LogP contribution in [0.15, 0.2) is 49.0 Å². The number of carbonyl (C=O) groups is 3. The first-order valence-electron chi connectivity index (χ1n) is 13.0. The average molecular weight is 522 g/mol. The molecule has 0 spiro atoms. The largest absolute Gasteiger partial charge is 0.444 e. The lowest BCUT2D eigenvalue weighted by atomic mass is 9.91. The van der Waals surface area contributed by atoms with Crippen LogP contribution in [0.4, 0.5) is 10.5 Å². The fourth-order valence-corrected chi connectivity index (χ4v) is 4.18. The van der Waals surface area contributed by atoms with Crippen LogP contribution >= 0.6 is 0 Å². The van der Waals surface area contributed by atoms with Crippen LogP contribution in [-0.4, -0.2) is 40.0 Å². The molecule has 0 fully saturated rings. The SMILES string of the molecule is C=Cc1cccc(C(C(=O)Nc2c(C)cccc2C)N(C(=O)C(C)NC(=O)OC(C)(C)C)C(C)(C)CC)c1. The summed E-state index contributed by atoms with van der Waals surface area (Å²) in [6.07, 6.45) is 1.58. The minimum Gasteiger partial charge on any atom is -0.444 e. The average Bonchev–Trinajstić information content (AvgIpc) is 2.82. The van der Waals surface area contributed by atoms with Crippen molar-refractivity contribution in [2.45, 2.75) is 92.0 Å². The number of rotatable bonds is 9. The lowest BCUT2D eigenvalue weighted by Crippen LogP contribution is -2.58. The van der Waals surface area contributed by atoms with E-state index in [1.54, 1.807) is 38.7 Å². The van der Waals surface area contributed by atoms with Crippen molar-refractivity contribution >= 4 is 29.7 Å². The maximum Gasteiger partial charge on any atom is 0.408 e. The number of anilines is 1. The molecular weight excluding hydrogens is 478 g/mol. The number of nitrogens with zero attached hydrogens (tertiary/aromatic N) is 1. The molecule has 0 aliphatic rings. The lowest BCUT2D eigenvalue weighted by Gasteiger charge is -2.44. The number of amides is 3. The Hall–Kier alpha value is -3.61. The van der Waals surface area contributed by atoms with Crippen molar-refractivity contribution in [3.8, 4) is 0 Å². The second-order valence-corrected chi connectivity index (χ2v) is 11.3. The minimum absolute atomic E-state index is 0.344. The normalized spacial score (nSPS) is 13.2. The molecular formula is C31H43N3O4. The van der Waals surface area contributed by atoms with Crippen molar-refractivity contribution in [3.05, 3.63) is 71.3 Å². The van der Waals surface area contributed by atoms with Gasteiger partial charge in [0.25, 0.3) is 5.91 Å². The molecule has 0 aliphatic carbocycles. The number of benzene rings is 2. The molecule has 7 nitrogen and oxygen atoms in total. The van der Waals surface area contributed by atoms with Gasteiger partial charge in [-0.2, -0.15) is 0 Å². The van der Waals surface area contributed by atoms with Crippen LogP contribution in [0.3, 0.4) is 0 Å². The van der Waals surface area contributed by atoms with Gasteiger partial charge in [-0.3, -0.25) is 9.59 Å². The number of para-hydroxylation sites is 1. The first-order chi connectivity index (χ1) is 17.6. The highest BCUT2D eigenvalue weighted by molar-refractivity contribution is 6.00. The summed E-state index contributed by atoms with van der Waals surface area (Å²) in [5.74, 6) is -0.740. The quantitative estimate of drug-likeness (QED) is 0.391. The zero-order chi connectivity index (χ0) is 28.8. The molecule has 2 unspecified atom stereocenters. The Morgan fingerprint density at radius 1 is 1.03 bits per heavy atom. The molecule has 0 radical (unpaired) electrons. The van der Waals surface area contributed by atoms with Gasteiger partial charge in [0.15, 0.2) is 0 Å². The molecule has 0 saturated carbocycles. The van der Waals surface area contributed by atoms with Crippen LogP contribution in [-0.2, 0) is 14.3 Å². The predicted octanol–water partition coefficient (Wildman–Crippen LogP) is 6.56. The van der Waals surface area contributed by atoms with Crippen LogP contribution < -0.4 is 10.6 Å². The Bertz CT molecular complexity index is 1160. The number of hydrogen-bond donors (Lipinski definition) is 2. The first kappa shape index (κ1) is 30.6. The summed E-state index contributed by atoms with van der Waals surface area (Å²) in [6.45, 7) is 20.4. The number of carbonyl (C=O) groups excluding carboxylic acids is 3. The molecule has 2 rings (SSSR count). The Morgan fingerprint density at radius 3 is 2.13 bits per heavy atom. The first-order valence-corrected chi connectivity index (χ1v) is 13.0. The van der Waals surface area contributed by atoms with Crippen molar-refractivity contribution < 1.29 is 19.1 Å². The standard InChI is InChI=1S/C31H43N3O4/c1-11-23-17-14-18-24(19-23)26(27(35)33-25-20(3)15-13-16-21(25)4)34(31(9,10)12-2)28(36)22(5)32-29(37)38-30(6,7)8/h11,13-19,22,26H,1,12H2,2-10H3,(H,32,37)(H,33,35). The third-order valence-corrected chi connectivity index (χ3v) is 6.56. The van der Waals surface area contributed by atoms with E-state index in [4.69, 9.17) is 4.74 Å². The molecule has 0 bridgehead atoms. The smallest absolute Gasteiger partial charge is 0.408 e. The van der Waals surface area contributed by atoms with E-state index in [0.29, 0.717) is 17.7 Å². The highest BCUT2D eigenvalue weighted by Gasteiger charge is 2.42. The lowest BCUT2D eigenvalue weighted by molar-refractivity contribution is -0.147. The third kappa shape index (κ3) is 7.70. The van der Waals surface area contributed by atoms with Gasteiger partial charge in [-0.15, -0.1) is 0 Å². The third-order valence-electron chi connectivity index (χ3n) is 6.56. The summed E-state index contributed by atoms with van der Waals surface area (Å²) >= 11 is 0. The van der Waals surface area contributed by atoms with E-state index in [0.717, 1.165) is 16.7 Å². The highest BCUT2D eigenvalue weighted by atomic mass is 16.6. The Balaban J connectivity index is 2.62. The summed E-state index contributed by atoms with van der Waals surface area (Å²) in [5, 5.41) is 5.73. The summed E-state index contributed by atoms with van der Waals surface area (Å²) in [6, 6.07) is 11.3. The van der Waals surface area contributed by atoms with Gasteiger partial charge in [0, 0.05) is 11.2 Å². The molecule has 206 valence electrons. The number of aryl methyl sites for hydroxylation is 2. The van der Waals surface area contributed by atoms with E-state index < -0.39 is 35.2 Å². The summed E-state index contributed by atoms with van der Waals surface area (Å²) < 4.78 is 5.37. The number of nitrogens with one attached hydrogen (secondary N) is 2. The van der Waals surface area contributed by atoms with E-state index in [1.165, 1.54) is 0 Å². The summed E-state index contributed by atoms with van der Waals surface area (Å²) in [5.41, 5.74) is 2.58. The predicted molar refractivity (Wildman–Crippen MR) is 154 cm³/mol. The monoisotopic (exact) mass is 521 g/mol. The van der Waals surface area contributed by atoms with Crippen LogP contribution in [0.5, 0.6) is 0 Å². The molecule has 7 heteroatoms. The molecule has 3 amide bonds. The molecule has 2 N–H and O–H groups in total. The van der Waals surface area contributed by atoms with Gasteiger partial charge in [-0.25, -0.2) is 4.79 Å². The molecule has 0 saturated heterocycles. The van der Waals surface area contributed by atoms with E-state index in [2.05, 4.69) is 17.2 Å². The van der Waals surface area contributed by atoms with Crippen LogP contribution in [0, 0.1) is 13.8 Å². The molecule has 2 atom stereocenters. The fraction of sp³-hybridized carbons (Fsp3) is 0.452. The highest BCUT2D eigenvalue weighted by Crippen LogP contribution is 2.34. The van der Waals surface area contributed by atoms with Gasteiger partial charge in [0.1, 0.15) is 17.7 Å². The number of hydrogen-bond acceptors (Lipinski definition) is 4. The van der Waals surface area contributed by atoms with Crippen LogP contribution in [0.1, 0.15) is 83.2 Å². The molecule has 0 aliphatic heterocycles. The van der Waals surface area contributed by atoms with Gasteiger partial charge in [-0.1, -0.05) is 56.0 Å². The molecule has 0 aromatic heterocycles. The topological polar surface area (TPSA) is 87.7 Å². The van der Waals surface area contributed by atoms with Gasteiger partial charge < -0.3 is 20.3 Å². The van der Waals surface area contributed by atoms with E-state index >= 15 is 0 Å². The van der Waals surface area contributed by atoms with Crippen molar-refractivity contribution in [1.82, 2.24) is 10.2 Å². The maximum atomic E-state index is 14.1. The summed E-state index contributed by atoms with van der Waals surface area (Å²) in [4.78, 5) is 42.3. The molecule has 38 heavy (non-hydrogen) atoms. The zero-order valence-corrected chi connectivity index (χ0v) is 24.3. The number of alkyl carbamates (subject to hydrolysis) is 1. The Morgan fingerprint density at radius 2 is 1.61 bits per heavy atom. The van der Waals surface area contributed by atoms with E-state index in [1.807, 2.05) is 77.1 Å². The Labute approximate surface area is 227 Å².